The molecule has 2 aromatic heterocycles. The number of hydrogen-bond acceptors (Lipinski definition) is 8. The molecule has 0 aliphatic carbocycles. The fourth-order valence-electron chi connectivity index (χ4n) is 3.19. The quantitative estimate of drug-likeness (QED) is 0.681. The molecule has 0 aromatic carbocycles. The summed E-state index contributed by atoms with van der Waals surface area (Å²) in [6.45, 7) is 2.29. The first kappa shape index (κ1) is 22.0. The van der Waals surface area contributed by atoms with Crippen LogP contribution in [0.3, 0.4) is 0 Å². The van der Waals surface area contributed by atoms with Crippen molar-refractivity contribution in [2.75, 3.05) is 18.0 Å². The maximum atomic E-state index is 12.5. The zero-order valence-corrected chi connectivity index (χ0v) is 18.1. The van der Waals surface area contributed by atoms with Gasteiger partial charge in [-0.3, -0.25) is 4.79 Å². The van der Waals surface area contributed by atoms with E-state index in [1.807, 2.05) is 6.07 Å². The van der Waals surface area contributed by atoms with Crippen molar-refractivity contribution in [1.82, 2.24) is 9.71 Å². The number of nitrogens with one attached hydrogen (secondary N) is 1. The van der Waals surface area contributed by atoms with Gasteiger partial charge in [0.05, 0.1) is 21.2 Å². The zero-order valence-electron chi connectivity index (χ0n) is 15.8. The topological polar surface area (TPSA) is 140 Å². The van der Waals surface area contributed by atoms with Crippen LogP contribution in [-0.2, 0) is 14.8 Å². The summed E-state index contributed by atoms with van der Waals surface area (Å²) in [4.78, 5) is 29.8. The van der Waals surface area contributed by atoms with Gasteiger partial charge in [-0.1, -0.05) is 11.6 Å². The van der Waals surface area contributed by atoms with Gasteiger partial charge in [-0.2, -0.15) is 5.26 Å². The lowest BCUT2D eigenvalue weighted by Gasteiger charge is -2.32. The van der Waals surface area contributed by atoms with Gasteiger partial charge in [0.15, 0.2) is 0 Å². The fraction of sp³-hybridized carbons (Fsp3) is 0.333. The summed E-state index contributed by atoms with van der Waals surface area (Å²) in [6, 6.07) is 6.04. The van der Waals surface area contributed by atoms with E-state index in [0.29, 0.717) is 36.1 Å². The number of halogens is 1. The second-order valence-corrected chi connectivity index (χ2v) is 10.3. The number of anilines is 1. The molecule has 0 atom stereocenters. The van der Waals surface area contributed by atoms with Crippen molar-refractivity contribution in [2.24, 2.45) is 5.92 Å². The van der Waals surface area contributed by atoms with Crippen LogP contribution in [0.2, 0.25) is 4.34 Å². The predicted octanol–water partition coefficient (Wildman–Crippen LogP) is 2.40. The molecule has 2 aromatic rings. The van der Waals surface area contributed by atoms with Crippen molar-refractivity contribution in [3.8, 4) is 6.07 Å². The van der Waals surface area contributed by atoms with Crippen LogP contribution in [0, 0.1) is 24.2 Å². The monoisotopic (exact) mass is 468 g/mol. The van der Waals surface area contributed by atoms with Gasteiger partial charge in [0.1, 0.15) is 16.1 Å². The van der Waals surface area contributed by atoms with E-state index < -0.39 is 27.8 Å². The number of hydrogen-bond donors (Lipinski definition) is 2. The summed E-state index contributed by atoms with van der Waals surface area (Å²) in [5.74, 6) is -1.91. The Labute approximate surface area is 182 Å². The van der Waals surface area contributed by atoms with E-state index in [-0.39, 0.29) is 21.0 Å². The summed E-state index contributed by atoms with van der Waals surface area (Å²) in [6.07, 6.45) is 0.720. The second kappa shape index (κ2) is 8.59. The molecule has 0 spiro atoms. The van der Waals surface area contributed by atoms with Crippen LogP contribution in [0.15, 0.2) is 22.4 Å². The first-order valence-electron chi connectivity index (χ1n) is 8.84. The number of aryl methyl sites for hydroxylation is 1. The van der Waals surface area contributed by atoms with Gasteiger partial charge >= 0.3 is 5.97 Å². The number of nitrogens with zero attached hydrogens (tertiary/aromatic N) is 3. The molecule has 9 nitrogen and oxygen atoms in total. The van der Waals surface area contributed by atoms with E-state index >= 15 is 0 Å². The third-order valence-corrected chi connectivity index (χ3v) is 7.83. The number of carbonyl (C=O) groups is 2. The summed E-state index contributed by atoms with van der Waals surface area (Å²) in [5.41, 5.74) is 0.388. The Morgan fingerprint density at radius 2 is 2.03 bits per heavy atom. The average molecular weight is 469 g/mol. The molecule has 30 heavy (non-hydrogen) atoms. The molecule has 2 N–H and O–H groups in total. The molecule has 1 saturated heterocycles. The van der Waals surface area contributed by atoms with Crippen molar-refractivity contribution in [3.05, 3.63) is 39.4 Å². The highest BCUT2D eigenvalue weighted by atomic mass is 35.5. The van der Waals surface area contributed by atoms with Gasteiger partial charge in [-0.15, -0.1) is 11.3 Å². The lowest BCUT2D eigenvalue weighted by Crippen LogP contribution is -2.42. The van der Waals surface area contributed by atoms with E-state index in [1.165, 1.54) is 18.2 Å². The molecule has 1 aliphatic heterocycles. The van der Waals surface area contributed by atoms with E-state index in [2.05, 4.69) is 9.71 Å². The number of carboxylic acids is 1. The lowest BCUT2D eigenvalue weighted by atomic mass is 9.96. The van der Waals surface area contributed by atoms with Gasteiger partial charge in [0.2, 0.25) is 5.91 Å². The van der Waals surface area contributed by atoms with Gasteiger partial charge in [-0.25, -0.2) is 22.9 Å². The normalized spacial score (nSPS) is 14.9. The van der Waals surface area contributed by atoms with Crippen LogP contribution in [0.25, 0.3) is 0 Å². The van der Waals surface area contributed by atoms with E-state index in [0.717, 1.165) is 11.3 Å². The van der Waals surface area contributed by atoms with E-state index in [4.69, 9.17) is 11.6 Å². The number of pyridine rings is 1. The van der Waals surface area contributed by atoms with Crippen LogP contribution in [0.5, 0.6) is 0 Å². The SMILES string of the molecule is Cc1nc(N2CCC(C(=O)NS(=O)(=O)c3ccc(Cl)s3)CC2)c(C#N)cc1C(=O)O. The van der Waals surface area contributed by atoms with Gasteiger partial charge in [0.25, 0.3) is 10.0 Å². The van der Waals surface area contributed by atoms with Crippen molar-refractivity contribution in [3.63, 3.8) is 0 Å². The number of amides is 1. The molecule has 3 rings (SSSR count). The van der Waals surface area contributed by atoms with Gasteiger partial charge in [0, 0.05) is 19.0 Å². The highest BCUT2D eigenvalue weighted by Crippen LogP contribution is 2.28. The maximum Gasteiger partial charge on any atom is 0.337 e. The summed E-state index contributed by atoms with van der Waals surface area (Å²) < 4.78 is 27.0. The molecule has 3 heterocycles. The highest BCUT2D eigenvalue weighted by Gasteiger charge is 2.30. The fourth-order valence-corrected chi connectivity index (χ4v) is 5.72. The van der Waals surface area contributed by atoms with Crippen molar-refractivity contribution in [1.29, 1.82) is 5.26 Å². The predicted molar refractivity (Wildman–Crippen MR) is 110 cm³/mol. The molecule has 0 saturated carbocycles. The molecule has 1 fully saturated rings. The first-order chi connectivity index (χ1) is 14.1. The van der Waals surface area contributed by atoms with E-state index in [1.54, 1.807) is 11.8 Å². The van der Waals surface area contributed by atoms with Crippen LogP contribution < -0.4 is 9.62 Å². The Bertz CT molecular complexity index is 1150. The molecule has 0 radical (unpaired) electrons. The number of nitriles is 1. The minimum Gasteiger partial charge on any atom is -0.478 e. The third-order valence-electron chi connectivity index (χ3n) is 4.76. The Morgan fingerprint density at radius 3 is 2.57 bits per heavy atom. The first-order valence-corrected chi connectivity index (χ1v) is 11.5. The Hall–Kier alpha value is -2.68. The summed E-state index contributed by atoms with van der Waals surface area (Å²) in [7, 11) is -3.97. The molecular formula is C18H17ClN4O5S2. The third kappa shape index (κ3) is 4.56. The summed E-state index contributed by atoms with van der Waals surface area (Å²) in [5, 5.41) is 18.6. The average Bonchev–Trinajstić information content (AvgIpc) is 3.14. The molecule has 0 unspecified atom stereocenters. The molecule has 0 bridgehead atoms. The number of aromatic nitrogens is 1. The lowest BCUT2D eigenvalue weighted by molar-refractivity contribution is -0.123. The number of aromatic carboxylic acids is 1. The zero-order chi connectivity index (χ0) is 22.1. The molecule has 1 aliphatic rings. The number of sulfonamides is 1. The Balaban J connectivity index is 1.69. The highest BCUT2D eigenvalue weighted by molar-refractivity contribution is 7.92. The van der Waals surface area contributed by atoms with Crippen LogP contribution >= 0.6 is 22.9 Å². The van der Waals surface area contributed by atoms with Crippen LogP contribution in [0.1, 0.15) is 34.5 Å². The Morgan fingerprint density at radius 1 is 1.37 bits per heavy atom. The minimum atomic E-state index is -3.97. The van der Waals surface area contributed by atoms with Gasteiger partial charge < -0.3 is 10.0 Å². The van der Waals surface area contributed by atoms with Crippen molar-refractivity contribution >= 4 is 50.7 Å². The second-order valence-electron chi connectivity index (χ2n) is 6.70. The van der Waals surface area contributed by atoms with Crippen molar-refractivity contribution < 1.29 is 23.1 Å². The molecular weight excluding hydrogens is 452 g/mol. The molecule has 158 valence electrons. The summed E-state index contributed by atoms with van der Waals surface area (Å²) >= 11 is 6.63. The molecule has 1 amide bonds. The number of thiophene rings is 1. The Kier molecular flexibility index (Phi) is 6.30. The number of piperidine rings is 1. The maximum absolute atomic E-state index is 12.5. The number of rotatable bonds is 5. The number of carbonyl (C=O) groups excluding carboxylic acids is 1. The minimum absolute atomic E-state index is 0.0323. The largest absolute Gasteiger partial charge is 0.478 e. The van der Waals surface area contributed by atoms with E-state index in [9.17, 15) is 28.4 Å². The molecule has 12 heteroatoms. The number of carboxylic acid groups (broad SMARTS) is 1. The standard InChI is InChI=1S/C18H17ClN4O5S2/c1-10-13(18(25)26)8-12(9-20)16(21-10)23-6-4-11(5-7-23)17(24)22-30(27,28)15-3-2-14(19)29-15/h2-3,8,11H,4-7H2,1H3,(H,22,24)(H,25,26). The van der Waals surface area contributed by atoms with Crippen molar-refractivity contribution in [2.45, 2.75) is 24.0 Å². The van der Waals surface area contributed by atoms with Gasteiger partial charge in [-0.05, 0) is 38.0 Å². The smallest absolute Gasteiger partial charge is 0.337 e. The van der Waals surface area contributed by atoms with Crippen LogP contribution in [-0.4, -0.2) is 43.5 Å². The van der Waals surface area contributed by atoms with Crippen LogP contribution in [0.4, 0.5) is 5.82 Å².